The van der Waals surface area contributed by atoms with Gasteiger partial charge in [-0.1, -0.05) is 25.6 Å². The second kappa shape index (κ2) is 6.78. The Balaban J connectivity index is 1.60. The van der Waals surface area contributed by atoms with Gasteiger partial charge in [0.25, 0.3) is 10.2 Å². The standard InChI is InChI=1S/C16H30N4O2S2/c1-13-9-14(2)11-20(10-13)24(21,22)19-7-5-18(6-8-19)15-17-12-16(3,4)23-15/h13-14H,5-12H2,1-4H3. The fourth-order valence-electron chi connectivity index (χ4n) is 3.80. The molecule has 138 valence electrons. The molecule has 3 aliphatic rings. The average molecular weight is 375 g/mol. The molecule has 3 aliphatic heterocycles. The molecule has 2 fully saturated rings. The Labute approximate surface area is 150 Å². The Hall–Kier alpha value is -0.310. The zero-order valence-electron chi connectivity index (χ0n) is 15.2. The van der Waals surface area contributed by atoms with Crippen LogP contribution in [0.3, 0.4) is 0 Å². The highest BCUT2D eigenvalue weighted by Crippen LogP contribution is 2.34. The summed E-state index contributed by atoms with van der Waals surface area (Å²) in [5.41, 5.74) is 0. The number of aliphatic imine (C=N–C) groups is 1. The van der Waals surface area contributed by atoms with Crippen molar-refractivity contribution in [3.05, 3.63) is 0 Å². The van der Waals surface area contributed by atoms with Gasteiger partial charge in [0.05, 0.1) is 6.54 Å². The third-order valence-electron chi connectivity index (χ3n) is 4.96. The molecular weight excluding hydrogens is 344 g/mol. The molecular formula is C16H30N4O2S2. The van der Waals surface area contributed by atoms with Crippen molar-refractivity contribution < 1.29 is 8.42 Å². The SMILES string of the molecule is CC1CC(C)CN(S(=O)(=O)N2CCN(C3=NCC(C)(C)S3)CC2)C1. The first-order valence-corrected chi connectivity index (χ1v) is 11.1. The Morgan fingerprint density at radius 3 is 2.12 bits per heavy atom. The minimum absolute atomic E-state index is 0.165. The second-order valence-electron chi connectivity index (χ2n) is 8.12. The maximum Gasteiger partial charge on any atom is 0.282 e. The van der Waals surface area contributed by atoms with Gasteiger partial charge in [-0.2, -0.15) is 17.0 Å². The summed E-state index contributed by atoms with van der Waals surface area (Å²) in [5.74, 6) is 0.882. The van der Waals surface area contributed by atoms with Crippen LogP contribution in [-0.4, -0.2) is 77.7 Å². The lowest BCUT2D eigenvalue weighted by Gasteiger charge is -2.40. The molecule has 0 aromatic heterocycles. The molecule has 0 aromatic rings. The van der Waals surface area contributed by atoms with E-state index >= 15 is 0 Å². The first-order valence-electron chi connectivity index (χ1n) is 8.91. The van der Waals surface area contributed by atoms with Crippen LogP contribution in [0.25, 0.3) is 0 Å². The summed E-state index contributed by atoms with van der Waals surface area (Å²) in [6, 6.07) is 0. The molecule has 24 heavy (non-hydrogen) atoms. The first kappa shape index (κ1) is 18.5. The summed E-state index contributed by atoms with van der Waals surface area (Å²) in [4.78, 5) is 6.88. The minimum atomic E-state index is -3.33. The Morgan fingerprint density at radius 1 is 1.04 bits per heavy atom. The molecule has 2 saturated heterocycles. The van der Waals surface area contributed by atoms with Crippen molar-refractivity contribution >= 4 is 27.1 Å². The van der Waals surface area contributed by atoms with Gasteiger partial charge in [0.15, 0.2) is 5.17 Å². The van der Waals surface area contributed by atoms with E-state index in [1.807, 2.05) is 11.8 Å². The van der Waals surface area contributed by atoms with Crippen molar-refractivity contribution in [2.24, 2.45) is 16.8 Å². The van der Waals surface area contributed by atoms with Gasteiger partial charge in [0.1, 0.15) is 0 Å². The van der Waals surface area contributed by atoms with E-state index in [1.165, 1.54) is 0 Å². The van der Waals surface area contributed by atoms with Crippen LogP contribution < -0.4 is 0 Å². The Kier molecular flexibility index (Phi) is 5.22. The molecule has 2 unspecified atom stereocenters. The van der Waals surface area contributed by atoms with Crippen LogP contribution in [0.5, 0.6) is 0 Å². The van der Waals surface area contributed by atoms with Crippen LogP contribution in [0.15, 0.2) is 4.99 Å². The Bertz CT molecular complexity index is 587. The van der Waals surface area contributed by atoms with E-state index < -0.39 is 10.2 Å². The molecule has 0 radical (unpaired) electrons. The molecule has 0 N–H and O–H groups in total. The fraction of sp³-hybridized carbons (Fsp3) is 0.938. The minimum Gasteiger partial charge on any atom is -0.349 e. The smallest absolute Gasteiger partial charge is 0.282 e. The normalized spacial score (nSPS) is 32.8. The van der Waals surface area contributed by atoms with E-state index in [0.29, 0.717) is 38.0 Å². The van der Waals surface area contributed by atoms with E-state index in [1.54, 1.807) is 8.61 Å². The van der Waals surface area contributed by atoms with E-state index in [9.17, 15) is 8.42 Å². The lowest BCUT2D eigenvalue weighted by atomic mass is 9.94. The highest BCUT2D eigenvalue weighted by molar-refractivity contribution is 8.15. The van der Waals surface area contributed by atoms with E-state index in [0.717, 1.165) is 31.2 Å². The van der Waals surface area contributed by atoms with E-state index in [4.69, 9.17) is 0 Å². The van der Waals surface area contributed by atoms with E-state index in [-0.39, 0.29) is 4.75 Å². The van der Waals surface area contributed by atoms with Gasteiger partial charge in [-0.05, 0) is 32.1 Å². The highest BCUT2D eigenvalue weighted by atomic mass is 32.2. The summed E-state index contributed by atoms with van der Waals surface area (Å²) in [7, 11) is -3.33. The van der Waals surface area contributed by atoms with Crippen LogP contribution in [-0.2, 0) is 10.2 Å². The average Bonchev–Trinajstić information content (AvgIpc) is 2.86. The number of rotatable bonds is 2. The van der Waals surface area contributed by atoms with Crippen LogP contribution in [0, 0.1) is 11.8 Å². The zero-order chi connectivity index (χ0) is 17.5. The molecule has 0 saturated carbocycles. The van der Waals surface area contributed by atoms with Crippen LogP contribution in [0.1, 0.15) is 34.1 Å². The first-order chi connectivity index (χ1) is 11.2. The molecule has 2 atom stereocenters. The van der Waals surface area contributed by atoms with Gasteiger partial charge in [-0.25, -0.2) is 0 Å². The van der Waals surface area contributed by atoms with Gasteiger partial charge < -0.3 is 4.90 Å². The number of amidine groups is 1. The number of thioether (sulfide) groups is 1. The lowest BCUT2D eigenvalue weighted by Crippen LogP contribution is -2.55. The number of hydrogen-bond donors (Lipinski definition) is 0. The van der Waals surface area contributed by atoms with Crippen LogP contribution >= 0.6 is 11.8 Å². The lowest BCUT2D eigenvalue weighted by molar-refractivity contribution is 0.196. The largest absolute Gasteiger partial charge is 0.349 e. The molecule has 3 rings (SSSR count). The predicted octanol–water partition coefficient (Wildman–Crippen LogP) is 1.71. The third kappa shape index (κ3) is 3.92. The van der Waals surface area contributed by atoms with Crippen molar-refractivity contribution in [1.82, 2.24) is 13.5 Å². The van der Waals surface area contributed by atoms with Crippen LogP contribution in [0.2, 0.25) is 0 Å². The number of hydrogen-bond acceptors (Lipinski definition) is 5. The van der Waals surface area contributed by atoms with Gasteiger partial charge >= 0.3 is 0 Å². The number of piperazine rings is 1. The topological polar surface area (TPSA) is 56.2 Å². The molecule has 0 aromatic carbocycles. The summed E-state index contributed by atoms with van der Waals surface area (Å²) < 4.78 is 29.5. The fourth-order valence-corrected chi connectivity index (χ4v) is 6.70. The van der Waals surface area contributed by atoms with Gasteiger partial charge in [-0.15, -0.1) is 0 Å². The van der Waals surface area contributed by atoms with Gasteiger partial charge in [0, 0.05) is 44.0 Å². The zero-order valence-corrected chi connectivity index (χ0v) is 16.9. The Morgan fingerprint density at radius 2 is 1.62 bits per heavy atom. The van der Waals surface area contributed by atoms with E-state index in [2.05, 4.69) is 37.6 Å². The predicted molar refractivity (Wildman–Crippen MR) is 101 cm³/mol. The molecule has 6 nitrogen and oxygen atoms in total. The van der Waals surface area contributed by atoms with Gasteiger partial charge in [-0.3, -0.25) is 4.99 Å². The highest BCUT2D eigenvalue weighted by Gasteiger charge is 2.38. The third-order valence-corrected chi connectivity index (χ3v) is 8.18. The van der Waals surface area contributed by atoms with Crippen molar-refractivity contribution in [2.45, 2.75) is 38.9 Å². The maximum atomic E-state index is 13.0. The number of nitrogens with zero attached hydrogens (tertiary/aromatic N) is 4. The summed E-state index contributed by atoms with van der Waals surface area (Å²) in [5, 5.41) is 1.08. The molecule has 0 bridgehead atoms. The summed E-state index contributed by atoms with van der Waals surface area (Å²) >= 11 is 1.81. The summed E-state index contributed by atoms with van der Waals surface area (Å²) in [6.07, 6.45) is 1.12. The monoisotopic (exact) mass is 374 g/mol. The second-order valence-corrected chi connectivity index (χ2v) is 11.7. The molecule has 3 heterocycles. The van der Waals surface area contributed by atoms with Crippen molar-refractivity contribution in [2.75, 3.05) is 45.8 Å². The van der Waals surface area contributed by atoms with Gasteiger partial charge in [0.2, 0.25) is 0 Å². The van der Waals surface area contributed by atoms with Crippen LogP contribution in [0.4, 0.5) is 0 Å². The molecule has 0 spiro atoms. The maximum absolute atomic E-state index is 13.0. The van der Waals surface area contributed by atoms with Crippen molar-refractivity contribution in [3.63, 3.8) is 0 Å². The number of piperidine rings is 1. The molecule has 0 aliphatic carbocycles. The molecule has 0 amide bonds. The van der Waals surface area contributed by atoms with Crippen molar-refractivity contribution in [3.8, 4) is 0 Å². The molecule has 8 heteroatoms. The van der Waals surface area contributed by atoms with Crippen molar-refractivity contribution in [1.29, 1.82) is 0 Å². The quantitative estimate of drug-likeness (QED) is 0.738. The summed E-state index contributed by atoms with van der Waals surface area (Å²) in [6.45, 7) is 13.4.